The summed E-state index contributed by atoms with van der Waals surface area (Å²) < 4.78 is 1.69. The molecule has 5 nitrogen and oxygen atoms in total. The minimum atomic E-state index is -0.133. The van der Waals surface area contributed by atoms with Crippen molar-refractivity contribution in [3.05, 3.63) is 44.3 Å². The van der Waals surface area contributed by atoms with Crippen LogP contribution in [-0.2, 0) is 6.54 Å². The monoisotopic (exact) mass is 274 g/mol. The van der Waals surface area contributed by atoms with Crippen molar-refractivity contribution in [2.24, 2.45) is 0 Å². The summed E-state index contributed by atoms with van der Waals surface area (Å²) in [5.74, 6) is 0. The van der Waals surface area contributed by atoms with Gasteiger partial charge in [0.15, 0.2) is 0 Å². The second kappa shape index (κ2) is 4.24. The van der Waals surface area contributed by atoms with Gasteiger partial charge in [-0.3, -0.25) is 4.57 Å². The first-order chi connectivity index (χ1) is 9.04. The number of nitrogens with two attached hydrogens (primary N) is 1. The van der Waals surface area contributed by atoms with Crippen LogP contribution in [0.15, 0.2) is 23.0 Å². The van der Waals surface area contributed by atoms with Crippen molar-refractivity contribution in [2.75, 3.05) is 5.73 Å². The molecule has 2 aromatic heterocycles. The Bertz CT molecular complexity index is 792. The number of nitrogens with zero attached hydrogens (tertiary/aromatic N) is 2. The Morgan fingerprint density at radius 3 is 2.89 bits per heavy atom. The molecule has 98 valence electrons. The highest BCUT2D eigenvalue weighted by atomic mass is 32.1. The lowest BCUT2D eigenvalue weighted by molar-refractivity contribution is 0.778. The minimum Gasteiger partial charge on any atom is -0.399 e. The largest absolute Gasteiger partial charge is 0.399 e. The lowest BCUT2D eigenvalue weighted by Gasteiger charge is -2.00. The fourth-order valence-corrected chi connectivity index (χ4v) is 3.00. The summed E-state index contributed by atoms with van der Waals surface area (Å²) in [6.07, 6.45) is 0. The van der Waals surface area contributed by atoms with Crippen molar-refractivity contribution in [3.63, 3.8) is 0 Å². The van der Waals surface area contributed by atoms with E-state index in [1.165, 1.54) is 4.88 Å². The van der Waals surface area contributed by atoms with Gasteiger partial charge in [-0.05, 0) is 32.0 Å². The molecule has 3 N–H and O–H groups in total. The summed E-state index contributed by atoms with van der Waals surface area (Å²) in [5.41, 5.74) is 8.86. The highest BCUT2D eigenvalue weighted by molar-refractivity contribution is 7.11. The Kier molecular flexibility index (Phi) is 2.67. The van der Waals surface area contributed by atoms with Crippen LogP contribution in [0.3, 0.4) is 0 Å². The van der Waals surface area contributed by atoms with E-state index in [1.807, 2.05) is 19.9 Å². The predicted octanol–water partition coefficient (Wildman–Crippen LogP) is 2.03. The first kappa shape index (κ1) is 12.0. The number of nitrogens with one attached hydrogen (secondary N) is 1. The van der Waals surface area contributed by atoms with Gasteiger partial charge in [0.1, 0.15) is 5.01 Å². The molecule has 0 amide bonds. The second-order valence-electron chi connectivity index (χ2n) is 4.54. The number of aromatic nitrogens is 3. The zero-order valence-corrected chi connectivity index (χ0v) is 11.5. The van der Waals surface area contributed by atoms with Gasteiger partial charge in [0, 0.05) is 10.6 Å². The van der Waals surface area contributed by atoms with Gasteiger partial charge in [0.25, 0.3) is 0 Å². The molecular weight excluding hydrogens is 260 g/mol. The molecule has 0 aliphatic carbocycles. The number of hydrogen-bond acceptors (Lipinski definition) is 4. The van der Waals surface area contributed by atoms with E-state index >= 15 is 0 Å². The number of thiazole rings is 1. The molecule has 0 saturated carbocycles. The van der Waals surface area contributed by atoms with Crippen molar-refractivity contribution >= 4 is 28.1 Å². The Labute approximate surface area is 113 Å². The van der Waals surface area contributed by atoms with E-state index in [1.54, 1.807) is 28.0 Å². The van der Waals surface area contributed by atoms with Crippen molar-refractivity contribution in [1.82, 2.24) is 14.5 Å². The van der Waals surface area contributed by atoms with Crippen LogP contribution in [0.1, 0.15) is 15.6 Å². The van der Waals surface area contributed by atoms with Gasteiger partial charge in [0.05, 0.1) is 23.3 Å². The lowest BCUT2D eigenvalue weighted by Crippen LogP contribution is -2.17. The summed E-state index contributed by atoms with van der Waals surface area (Å²) in [6, 6.07) is 5.42. The van der Waals surface area contributed by atoms with Crippen molar-refractivity contribution in [1.29, 1.82) is 0 Å². The van der Waals surface area contributed by atoms with Gasteiger partial charge in [-0.25, -0.2) is 9.78 Å². The van der Waals surface area contributed by atoms with Gasteiger partial charge in [0.2, 0.25) is 0 Å². The Balaban J connectivity index is 2.10. The van der Waals surface area contributed by atoms with E-state index in [0.29, 0.717) is 12.2 Å². The first-order valence-electron chi connectivity index (χ1n) is 5.95. The van der Waals surface area contributed by atoms with E-state index in [-0.39, 0.29) is 5.69 Å². The van der Waals surface area contributed by atoms with Crippen molar-refractivity contribution < 1.29 is 0 Å². The molecular formula is C13H14N4OS. The van der Waals surface area contributed by atoms with Gasteiger partial charge in [-0.15, -0.1) is 11.3 Å². The average Bonchev–Trinajstić information content (AvgIpc) is 2.81. The van der Waals surface area contributed by atoms with Crippen molar-refractivity contribution in [2.45, 2.75) is 20.4 Å². The number of imidazole rings is 1. The molecule has 0 bridgehead atoms. The molecule has 0 saturated heterocycles. The highest BCUT2D eigenvalue weighted by Crippen LogP contribution is 2.19. The maximum atomic E-state index is 12.0. The predicted molar refractivity (Wildman–Crippen MR) is 77.7 cm³/mol. The zero-order valence-electron chi connectivity index (χ0n) is 10.7. The number of benzene rings is 1. The maximum absolute atomic E-state index is 12.0. The third-order valence-corrected chi connectivity index (χ3v) is 4.22. The van der Waals surface area contributed by atoms with Gasteiger partial charge in [-0.1, -0.05) is 0 Å². The number of aryl methyl sites for hydroxylation is 2. The third-order valence-electron chi connectivity index (χ3n) is 3.16. The van der Waals surface area contributed by atoms with Crippen LogP contribution in [-0.4, -0.2) is 14.5 Å². The number of nitrogen functional groups attached to an aromatic ring is 1. The van der Waals surface area contributed by atoms with Crippen LogP contribution in [0.4, 0.5) is 5.69 Å². The molecule has 3 rings (SSSR count). The molecule has 19 heavy (non-hydrogen) atoms. The number of anilines is 1. The summed E-state index contributed by atoms with van der Waals surface area (Å²) >= 11 is 1.62. The van der Waals surface area contributed by atoms with Crippen LogP contribution >= 0.6 is 11.3 Å². The van der Waals surface area contributed by atoms with E-state index < -0.39 is 0 Å². The van der Waals surface area contributed by atoms with E-state index in [2.05, 4.69) is 9.97 Å². The smallest absolute Gasteiger partial charge is 0.326 e. The second-order valence-corrected chi connectivity index (χ2v) is 5.83. The van der Waals surface area contributed by atoms with Crippen LogP contribution in [0.5, 0.6) is 0 Å². The Morgan fingerprint density at radius 2 is 2.21 bits per heavy atom. The fraction of sp³-hybridized carbons (Fsp3) is 0.231. The lowest BCUT2D eigenvalue weighted by atomic mass is 10.3. The van der Waals surface area contributed by atoms with Crippen LogP contribution < -0.4 is 11.4 Å². The van der Waals surface area contributed by atoms with Crippen LogP contribution in [0.2, 0.25) is 0 Å². The molecule has 2 heterocycles. The van der Waals surface area contributed by atoms with E-state index in [0.717, 1.165) is 21.7 Å². The topological polar surface area (TPSA) is 76.7 Å². The number of hydrogen-bond donors (Lipinski definition) is 2. The molecule has 0 radical (unpaired) electrons. The molecule has 1 aromatic carbocycles. The molecule has 0 aliphatic rings. The van der Waals surface area contributed by atoms with E-state index in [9.17, 15) is 4.79 Å². The van der Waals surface area contributed by atoms with Gasteiger partial charge < -0.3 is 10.7 Å². The number of H-pyrrole nitrogens is 1. The zero-order chi connectivity index (χ0) is 13.6. The molecule has 3 aromatic rings. The number of aromatic amines is 1. The molecule has 0 unspecified atom stereocenters. The molecule has 0 atom stereocenters. The van der Waals surface area contributed by atoms with Crippen molar-refractivity contribution in [3.8, 4) is 0 Å². The summed E-state index contributed by atoms with van der Waals surface area (Å²) in [4.78, 5) is 20.5. The SMILES string of the molecule is Cc1nc(Cn2c(=O)[nH]c3cc(N)ccc32)sc1C. The standard InChI is InChI=1S/C13H14N4OS/c1-7-8(2)19-12(15-7)6-17-11-4-3-9(14)5-10(11)16-13(17)18/h3-5H,6,14H2,1-2H3,(H,16,18). The summed E-state index contributed by atoms with van der Waals surface area (Å²) in [6.45, 7) is 4.51. The number of fused-ring (bicyclic) bond motifs is 1. The van der Waals surface area contributed by atoms with Crippen LogP contribution in [0.25, 0.3) is 11.0 Å². The van der Waals surface area contributed by atoms with Crippen LogP contribution in [0, 0.1) is 13.8 Å². The fourth-order valence-electron chi connectivity index (χ4n) is 2.08. The molecule has 0 fully saturated rings. The third kappa shape index (κ3) is 2.04. The quantitative estimate of drug-likeness (QED) is 0.702. The molecule has 0 spiro atoms. The number of rotatable bonds is 2. The molecule has 6 heteroatoms. The normalized spacial score (nSPS) is 11.3. The van der Waals surface area contributed by atoms with Gasteiger partial charge in [-0.2, -0.15) is 0 Å². The Hall–Kier alpha value is -2.08. The highest BCUT2D eigenvalue weighted by Gasteiger charge is 2.10. The Morgan fingerprint density at radius 1 is 1.42 bits per heavy atom. The minimum absolute atomic E-state index is 0.133. The summed E-state index contributed by atoms with van der Waals surface area (Å²) in [7, 11) is 0. The van der Waals surface area contributed by atoms with Gasteiger partial charge >= 0.3 is 5.69 Å². The molecule has 0 aliphatic heterocycles. The maximum Gasteiger partial charge on any atom is 0.326 e. The first-order valence-corrected chi connectivity index (χ1v) is 6.77. The summed E-state index contributed by atoms with van der Waals surface area (Å²) in [5, 5.41) is 0.940. The van der Waals surface area contributed by atoms with E-state index in [4.69, 9.17) is 5.73 Å². The average molecular weight is 274 g/mol.